The van der Waals surface area contributed by atoms with Crippen molar-refractivity contribution >= 4 is 11.8 Å². The van der Waals surface area contributed by atoms with Gasteiger partial charge in [-0.15, -0.1) is 0 Å². The van der Waals surface area contributed by atoms with Gasteiger partial charge in [0.1, 0.15) is 5.69 Å². The van der Waals surface area contributed by atoms with E-state index in [1.165, 1.54) is 0 Å². The number of rotatable bonds is 1. The van der Waals surface area contributed by atoms with Crippen molar-refractivity contribution in [3.05, 3.63) is 29.6 Å². The average molecular weight is 359 g/mol. The van der Waals surface area contributed by atoms with Gasteiger partial charge in [0.15, 0.2) is 0 Å². The predicted octanol–water partition coefficient (Wildman–Crippen LogP) is 2.00. The maximum absolute atomic E-state index is 12.8. The van der Waals surface area contributed by atoms with Crippen LogP contribution >= 0.6 is 0 Å². The lowest BCUT2D eigenvalue weighted by Crippen LogP contribution is -2.64. The van der Waals surface area contributed by atoms with E-state index in [2.05, 4.69) is 4.98 Å². The normalized spacial score (nSPS) is 24.6. The molecule has 1 aromatic rings. The second kappa shape index (κ2) is 6.65. The molecular weight excluding hydrogens is 330 g/mol. The molecule has 6 heteroatoms. The lowest BCUT2D eigenvalue weighted by molar-refractivity contribution is -0.156. The molecular formula is C20H29N3O3. The number of hydrogen-bond acceptors (Lipinski definition) is 4. The zero-order valence-corrected chi connectivity index (χ0v) is 16.2. The third-order valence-corrected chi connectivity index (χ3v) is 6.33. The second-order valence-corrected chi connectivity index (χ2v) is 8.44. The van der Waals surface area contributed by atoms with Crippen LogP contribution in [0.25, 0.3) is 0 Å². The maximum Gasteiger partial charge on any atom is 0.272 e. The van der Waals surface area contributed by atoms with Crippen molar-refractivity contribution in [2.75, 3.05) is 19.6 Å². The lowest BCUT2D eigenvalue weighted by atomic mass is 9.67. The topological polar surface area (TPSA) is 73.7 Å². The van der Waals surface area contributed by atoms with Gasteiger partial charge in [0.25, 0.3) is 5.91 Å². The molecule has 6 nitrogen and oxygen atoms in total. The second-order valence-electron chi connectivity index (χ2n) is 8.44. The summed E-state index contributed by atoms with van der Waals surface area (Å²) in [5.41, 5.74) is 0.736. The van der Waals surface area contributed by atoms with Crippen LogP contribution in [-0.2, 0) is 4.79 Å². The highest BCUT2D eigenvalue weighted by Crippen LogP contribution is 2.45. The Morgan fingerprint density at radius 2 is 1.92 bits per heavy atom. The van der Waals surface area contributed by atoms with E-state index in [9.17, 15) is 14.7 Å². The third kappa shape index (κ3) is 3.22. The van der Waals surface area contributed by atoms with Crippen molar-refractivity contribution in [1.82, 2.24) is 14.8 Å². The van der Waals surface area contributed by atoms with Gasteiger partial charge < -0.3 is 14.9 Å². The van der Waals surface area contributed by atoms with Crippen LogP contribution in [0.1, 0.15) is 56.1 Å². The Hall–Kier alpha value is -1.95. The Balaban J connectivity index is 1.72. The maximum atomic E-state index is 12.8. The molecule has 1 N–H and O–H groups in total. The molecule has 0 saturated carbocycles. The number of aryl methyl sites for hydroxylation is 1. The number of amides is 2. The van der Waals surface area contributed by atoms with E-state index < -0.39 is 11.6 Å². The van der Waals surface area contributed by atoms with Crippen molar-refractivity contribution in [2.45, 2.75) is 58.6 Å². The molecule has 2 amide bonds. The average Bonchev–Trinajstić information content (AvgIpc) is 2.59. The van der Waals surface area contributed by atoms with E-state index in [1.807, 2.05) is 42.7 Å². The van der Waals surface area contributed by atoms with Crippen LogP contribution in [0.3, 0.4) is 0 Å². The molecule has 2 aliphatic heterocycles. The predicted molar refractivity (Wildman–Crippen MR) is 98.6 cm³/mol. The number of aliphatic hydroxyl groups excluding tert-OH is 1. The largest absolute Gasteiger partial charge is 0.391 e. The number of aliphatic hydroxyl groups is 1. The van der Waals surface area contributed by atoms with Crippen molar-refractivity contribution < 1.29 is 14.7 Å². The molecule has 3 heterocycles. The number of carbonyl (C=O) groups is 2. The van der Waals surface area contributed by atoms with Crippen LogP contribution in [0, 0.1) is 12.3 Å². The smallest absolute Gasteiger partial charge is 0.272 e. The molecule has 2 fully saturated rings. The summed E-state index contributed by atoms with van der Waals surface area (Å²) in [6, 6.07) is 3.73. The first-order valence-electron chi connectivity index (χ1n) is 9.33. The zero-order chi connectivity index (χ0) is 19.1. The first kappa shape index (κ1) is 18.8. The summed E-state index contributed by atoms with van der Waals surface area (Å²) in [6.07, 6.45) is 3.36. The molecule has 0 aliphatic carbocycles. The molecule has 0 bridgehead atoms. The van der Waals surface area contributed by atoms with Crippen LogP contribution in [0.15, 0.2) is 18.3 Å². The van der Waals surface area contributed by atoms with Crippen molar-refractivity contribution in [3.63, 3.8) is 0 Å². The number of likely N-dealkylation sites (tertiary alicyclic amines) is 2. The van der Waals surface area contributed by atoms with E-state index in [0.717, 1.165) is 18.4 Å². The van der Waals surface area contributed by atoms with Gasteiger partial charge in [0.05, 0.1) is 11.6 Å². The number of piperidine rings is 2. The highest BCUT2D eigenvalue weighted by atomic mass is 16.3. The number of nitrogens with zero attached hydrogens (tertiary/aromatic N) is 3. The summed E-state index contributed by atoms with van der Waals surface area (Å²) in [6.45, 7) is 9.23. The van der Waals surface area contributed by atoms with Gasteiger partial charge in [-0.3, -0.25) is 14.6 Å². The van der Waals surface area contributed by atoms with Crippen LogP contribution in [-0.4, -0.2) is 63.0 Å². The monoisotopic (exact) mass is 359 g/mol. The summed E-state index contributed by atoms with van der Waals surface area (Å²) in [4.78, 5) is 32.8. The summed E-state index contributed by atoms with van der Waals surface area (Å²) < 4.78 is 0. The highest BCUT2D eigenvalue weighted by Gasteiger charge is 2.50. The molecule has 0 unspecified atom stereocenters. The van der Waals surface area contributed by atoms with Crippen LogP contribution < -0.4 is 0 Å². The molecule has 1 spiro atoms. The van der Waals surface area contributed by atoms with E-state index in [4.69, 9.17) is 0 Å². The van der Waals surface area contributed by atoms with E-state index in [1.54, 1.807) is 13.1 Å². The molecule has 2 aliphatic rings. The molecule has 1 aromatic heterocycles. The fraction of sp³-hybridized carbons (Fsp3) is 0.650. The Labute approximate surface area is 155 Å². The molecule has 142 valence electrons. The molecule has 3 rings (SSSR count). The van der Waals surface area contributed by atoms with Gasteiger partial charge in [0.2, 0.25) is 5.91 Å². The molecule has 2 saturated heterocycles. The van der Waals surface area contributed by atoms with E-state index in [-0.39, 0.29) is 17.2 Å². The molecule has 0 radical (unpaired) electrons. The highest BCUT2D eigenvalue weighted by molar-refractivity contribution is 5.93. The van der Waals surface area contributed by atoms with Gasteiger partial charge in [-0.2, -0.15) is 0 Å². The van der Waals surface area contributed by atoms with Gasteiger partial charge in [0, 0.05) is 32.8 Å². The Kier molecular flexibility index (Phi) is 4.82. The summed E-state index contributed by atoms with van der Waals surface area (Å²) in [7, 11) is 0. The zero-order valence-electron chi connectivity index (χ0n) is 16.2. The molecule has 26 heavy (non-hydrogen) atoms. The van der Waals surface area contributed by atoms with Crippen LogP contribution in [0.5, 0.6) is 0 Å². The van der Waals surface area contributed by atoms with Crippen LogP contribution in [0.2, 0.25) is 0 Å². The first-order valence-corrected chi connectivity index (χ1v) is 9.33. The van der Waals surface area contributed by atoms with Crippen molar-refractivity contribution in [1.29, 1.82) is 0 Å². The van der Waals surface area contributed by atoms with E-state index in [0.29, 0.717) is 31.7 Å². The quantitative estimate of drug-likeness (QED) is 0.832. The molecule has 0 aromatic carbocycles. The number of pyridine rings is 1. The lowest BCUT2D eigenvalue weighted by Gasteiger charge is -2.55. The number of aromatic nitrogens is 1. The minimum atomic E-state index is -0.555. The standard InChI is InChI=1S/C20H29N3O3/c1-14-6-5-9-21-17(14)18(26)22-10-7-20(8-11-22)12-16(25)19(3,4)23(13-20)15(2)24/h5-6,9,16,25H,7-8,10-13H2,1-4H3/t16-/m1/s1. The van der Waals surface area contributed by atoms with E-state index >= 15 is 0 Å². The first-order chi connectivity index (χ1) is 12.2. The SMILES string of the molecule is CC(=O)N1CC2(CCN(C(=O)c3ncccc3C)CC2)C[C@@H](O)C1(C)C. The minimum absolute atomic E-state index is 0.00394. The van der Waals surface area contributed by atoms with Gasteiger partial charge >= 0.3 is 0 Å². The summed E-state index contributed by atoms with van der Waals surface area (Å²) >= 11 is 0. The van der Waals surface area contributed by atoms with Gasteiger partial charge in [-0.1, -0.05) is 6.07 Å². The Morgan fingerprint density at radius 1 is 1.27 bits per heavy atom. The fourth-order valence-electron chi connectivity index (χ4n) is 4.37. The minimum Gasteiger partial charge on any atom is -0.391 e. The number of carbonyl (C=O) groups excluding carboxylic acids is 2. The van der Waals surface area contributed by atoms with Crippen LogP contribution in [0.4, 0.5) is 0 Å². The van der Waals surface area contributed by atoms with Gasteiger partial charge in [-0.25, -0.2) is 0 Å². The summed E-state index contributed by atoms with van der Waals surface area (Å²) in [5.74, 6) is -0.0335. The van der Waals surface area contributed by atoms with Crippen molar-refractivity contribution in [2.24, 2.45) is 5.41 Å². The summed E-state index contributed by atoms with van der Waals surface area (Å²) in [5, 5.41) is 10.7. The third-order valence-electron chi connectivity index (χ3n) is 6.33. The fourth-order valence-corrected chi connectivity index (χ4v) is 4.37. The Bertz CT molecular complexity index is 708. The Morgan fingerprint density at radius 3 is 2.50 bits per heavy atom. The van der Waals surface area contributed by atoms with Gasteiger partial charge in [-0.05, 0) is 57.1 Å². The molecule has 1 atom stereocenters. The number of hydrogen-bond donors (Lipinski definition) is 1. The van der Waals surface area contributed by atoms with Crippen molar-refractivity contribution in [3.8, 4) is 0 Å².